The number of halogens is 1. The lowest BCUT2D eigenvalue weighted by atomic mass is 10.1. The summed E-state index contributed by atoms with van der Waals surface area (Å²) in [6.07, 6.45) is 1.02. The summed E-state index contributed by atoms with van der Waals surface area (Å²) in [4.78, 5) is 0. The van der Waals surface area contributed by atoms with Gasteiger partial charge in [-0.1, -0.05) is 29.3 Å². The lowest BCUT2D eigenvalue weighted by Gasteiger charge is -2.13. The predicted octanol–water partition coefficient (Wildman–Crippen LogP) is 3.35. The zero-order valence-electron chi connectivity index (χ0n) is 9.12. The molecule has 0 amide bonds. The molecule has 1 aromatic carbocycles. The normalized spacial score (nSPS) is 12.1. The first-order valence-corrected chi connectivity index (χ1v) is 5.09. The van der Waals surface area contributed by atoms with Crippen LogP contribution in [0, 0.1) is 0 Å². The summed E-state index contributed by atoms with van der Waals surface area (Å²) in [6, 6.07) is 5.31. The van der Waals surface area contributed by atoms with Gasteiger partial charge in [-0.15, -0.1) is 0 Å². The molecule has 2 nitrogen and oxygen atoms in total. The number of hydrogen-bond acceptors (Lipinski definition) is 2. The molecule has 0 spiro atoms. The molecule has 3 heteroatoms. The van der Waals surface area contributed by atoms with Crippen LogP contribution in [0.25, 0.3) is 0 Å². The van der Waals surface area contributed by atoms with Gasteiger partial charge in [0.1, 0.15) is 11.9 Å². The summed E-state index contributed by atoms with van der Waals surface area (Å²) in [6.45, 7) is 3.85. The van der Waals surface area contributed by atoms with Gasteiger partial charge in [-0.05, 0) is 26.0 Å². The molecule has 1 unspecified atom stereocenters. The zero-order chi connectivity index (χ0) is 11.4. The van der Waals surface area contributed by atoms with E-state index >= 15 is 0 Å². The molecule has 0 saturated heterocycles. The van der Waals surface area contributed by atoms with Crippen LogP contribution in [0.2, 0.25) is 5.02 Å². The van der Waals surface area contributed by atoms with E-state index in [9.17, 15) is 5.11 Å². The second kappa shape index (κ2) is 5.19. The first-order chi connectivity index (χ1) is 7.06. The van der Waals surface area contributed by atoms with E-state index in [0.717, 1.165) is 5.57 Å². The van der Waals surface area contributed by atoms with Gasteiger partial charge in [0.25, 0.3) is 0 Å². The Labute approximate surface area is 95.1 Å². The van der Waals surface area contributed by atoms with E-state index in [0.29, 0.717) is 16.3 Å². The van der Waals surface area contributed by atoms with E-state index in [-0.39, 0.29) is 0 Å². The van der Waals surface area contributed by atoms with Crippen molar-refractivity contribution in [3.63, 3.8) is 0 Å². The summed E-state index contributed by atoms with van der Waals surface area (Å²) >= 11 is 6.02. The molecule has 1 aromatic rings. The van der Waals surface area contributed by atoms with Gasteiger partial charge in [-0.2, -0.15) is 0 Å². The highest BCUT2D eigenvalue weighted by Crippen LogP contribution is 2.33. The summed E-state index contributed by atoms with van der Waals surface area (Å²) in [5.74, 6) is 0.604. The summed E-state index contributed by atoms with van der Waals surface area (Å²) < 4.78 is 5.16. The van der Waals surface area contributed by atoms with Crippen LogP contribution in [0.3, 0.4) is 0 Å². The van der Waals surface area contributed by atoms with Gasteiger partial charge >= 0.3 is 0 Å². The Morgan fingerprint density at radius 2 is 2.13 bits per heavy atom. The van der Waals surface area contributed by atoms with Crippen LogP contribution in [-0.2, 0) is 0 Å². The molecular weight excluding hydrogens is 212 g/mol. The summed E-state index contributed by atoms with van der Waals surface area (Å²) in [7, 11) is 1.56. The smallest absolute Gasteiger partial charge is 0.126 e. The minimum atomic E-state index is -0.723. The SMILES string of the molecule is COc1cccc(Cl)c1C(O)C=C(C)C. The Morgan fingerprint density at radius 1 is 1.47 bits per heavy atom. The largest absolute Gasteiger partial charge is 0.496 e. The Bertz CT molecular complexity index is 368. The van der Waals surface area contributed by atoms with Gasteiger partial charge in [-0.3, -0.25) is 0 Å². The average molecular weight is 227 g/mol. The van der Waals surface area contributed by atoms with Crippen LogP contribution < -0.4 is 4.74 Å². The van der Waals surface area contributed by atoms with Crippen LogP contribution in [0.1, 0.15) is 25.5 Å². The van der Waals surface area contributed by atoms with Crippen LogP contribution in [0.15, 0.2) is 29.8 Å². The monoisotopic (exact) mass is 226 g/mol. The van der Waals surface area contributed by atoms with Crippen LogP contribution >= 0.6 is 11.6 Å². The molecule has 0 fully saturated rings. The standard InChI is InChI=1S/C12H15ClO2/c1-8(2)7-10(14)12-9(13)5-4-6-11(12)15-3/h4-7,10,14H,1-3H3. The quantitative estimate of drug-likeness (QED) is 0.801. The van der Waals surface area contributed by atoms with Crippen molar-refractivity contribution in [3.05, 3.63) is 40.4 Å². The highest BCUT2D eigenvalue weighted by molar-refractivity contribution is 6.31. The lowest BCUT2D eigenvalue weighted by Crippen LogP contribution is -1.99. The van der Waals surface area contributed by atoms with Crippen molar-refractivity contribution in [2.75, 3.05) is 7.11 Å². The third-order valence-corrected chi connectivity index (χ3v) is 2.35. The first kappa shape index (κ1) is 12.1. The van der Waals surface area contributed by atoms with E-state index < -0.39 is 6.10 Å². The highest BCUT2D eigenvalue weighted by Gasteiger charge is 2.14. The van der Waals surface area contributed by atoms with Crippen molar-refractivity contribution < 1.29 is 9.84 Å². The maximum atomic E-state index is 9.94. The Hall–Kier alpha value is -0.990. The van der Waals surface area contributed by atoms with Gasteiger partial charge in [0.05, 0.1) is 12.1 Å². The van der Waals surface area contributed by atoms with E-state index in [2.05, 4.69) is 0 Å². The average Bonchev–Trinajstić information content (AvgIpc) is 2.15. The minimum absolute atomic E-state index is 0.513. The molecule has 0 heterocycles. The van der Waals surface area contributed by atoms with Gasteiger partial charge in [-0.25, -0.2) is 0 Å². The Morgan fingerprint density at radius 3 is 2.67 bits per heavy atom. The molecule has 1 rings (SSSR count). The van der Waals surface area contributed by atoms with Crippen molar-refractivity contribution in [1.82, 2.24) is 0 Å². The van der Waals surface area contributed by atoms with E-state index in [1.165, 1.54) is 0 Å². The van der Waals surface area contributed by atoms with Gasteiger partial charge in [0, 0.05) is 5.56 Å². The Balaban J connectivity index is 3.17. The van der Waals surface area contributed by atoms with Gasteiger partial charge < -0.3 is 9.84 Å². The first-order valence-electron chi connectivity index (χ1n) is 4.71. The molecule has 1 atom stereocenters. The molecule has 0 aliphatic rings. The van der Waals surface area contributed by atoms with Crippen LogP contribution in [0.4, 0.5) is 0 Å². The van der Waals surface area contributed by atoms with E-state index in [1.54, 1.807) is 31.4 Å². The van der Waals surface area contributed by atoms with Gasteiger partial charge in [0.15, 0.2) is 0 Å². The molecule has 0 aromatic heterocycles. The van der Waals surface area contributed by atoms with Crippen molar-refractivity contribution in [2.24, 2.45) is 0 Å². The number of hydrogen-bond donors (Lipinski definition) is 1. The number of rotatable bonds is 3. The predicted molar refractivity (Wildman–Crippen MR) is 62.4 cm³/mol. The fourth-order valence-electron chi connectivity index (χ4n) is 1.38. The molecule has 0 aliphatic carbocycles. The zero-order valence-corrected chi connectivity index (χ0v) is 9.88. The molecule has 15 heavy (non-hydrogen) atoms. The van der Waals surface area contributed by atoms with Crippen molar-refractivity contribution >= 4 is 11.6 Å². The molecule has 0 aliphatic heterocycles. The fraction of sp³-hybridized carbons (Fsp3) is 0.333. The van der Waals surface area contributed by atoms with E-state index in [4.69, 9.17) is 16.3 Å². The maximum Gasteiger partial charge on any atom is 0.126 e. The number of methoxy groups -OCH3 is 1. The third-order valence-electron chi connectivity index (χ3n) is 2.02. The number of benzene rings is 1. The lowest BCUT2D eigenvalue weighted by molar-refractivity contribution is 0.222. The maximum absolute atomic E-state index is 9.94. The minimum Gasteiger partial charge on any atom is -0.496 e. The fourth-order valence-corrected chi connectivity index (χ4v) is 1.66. The van der Waals surface area contributed by atoms with Crippen LogP contribution in [0.5, 0.6) is 5.75 Å². The molecule has 1 N–H and O–H groups in total. The molecular formula is C12H15ClO2. The number of aliphatic hydroxyl groups is 1. The molecule has 0 radical (unpaired) electrons. The van der Waals surface area contributed by atoms with Crippen molar-refractivity contribution in [1.29, 1.82) is 0 Å². The van der Waals surface area contributed by atoms with E-state index in [1.807, 2.05) is 13.8 Å². The Kier molecular flexibility index (Phi) is 4.18. The van der Waals surface area contributed by atoms with Crippen LogP contribution in [-0.4, -0.2) is 12.2 Å². The highest BCUT2D eigenvalue weighted by atomic mass is 35.5. The number of ether oxygens (including phenoxy) is 1. The van der Waals surface area contributed by atoms with Crippen molar-refractivity contribution in [3.8, 4) is 5.75 Å². The molecule has 82 valence electrons. The second-order valence-electron chi connectivity index (χ2n) is 3.54. The summed E-state index contributed by atoms with van der Waals surface area (Å²) in [5, 5.41) is 10.5. The number of aliphatic hydroxyl groups excluding tert-OH is 1. The third kappa shape index (κ3) is 2.98. The van der Waals surface area contributed by atoms with Gasteiger partial charge in [0.2, 0.25) is 0 Å². The van der Waals surface area contributed by atoms with Crippen molar-refractivity contribution in [2.45, 2.75) is 20.0 Å². The molecule has 0 bridgehead atoms. The number of allylic oxidation sites excluding steroid dienone is 1. The topological polar surface area (TPSA) is 29.5 Å². The summed E-state index contributed by atoms with van der Waals surface area (Å²) in [5.41, 5.74) is 1.65. The second-order valence-corrected chi connectivity index (χ2v) is 3.95. The molecule has 0 saturated carbocycles.